The Morgan fingerprint density at radius 3 is 2.63 bits per heavy atom. The Kier molecular flexibility index (Phi) is 5.19. The molecule has 8 heteroatoms. The summed E-state index contributed by atoms with van der Waals surface area (Å²) in [5.74, 6) is -0.0235. The summed E-state index contributed by atoms with van der Waals surface area (Å²) in [6.07, 6.45) is 4.20. The summed E-state index contributed by atoms with van der Waals surface area (Å²) in [5, 5.41) is 0.162. The van der Waals surface area contributed by atoms with Gasteiger partial charge in [-0.05, 0) is 69.5 Å². The molecular formula is C22H26ClN3O3S. The van der Waals surface area contributed by atoms with Gasteiger partial charge >= 0.3 is 0 Å². The Labute approximate surface area is 182 Å². The van der Waals surface area contributed by atoms with Gasteiger partial charge in [0.05, 0.1) is 22.7 Å². The maximum absolute atomic E-state index is 13.2. The molecule has 4 rings (SSSR count). The van der Waals surface area contributed by atoms with Crippen molar-refractivity contribution < 1.29 is 13.2 Å². The minimum atomic E-state index is -3.28. The van der Waals surface area contributed by atoms with Crippen LogP contribution in [-0.2, 0) is 15.6 Å². The van der Waals surface area contributed by atoms with Crippen molar-refractivity contribution in [2.75, 3.05) is 18.0 Å². The van der Waals surface area contributed by atoms with Crippen LogP contribution in [0.15, 0.2) is 36.7 Å². The zero-order chi connectivity index (χ0) is 21.8. The second-order valence-corrected chi connectivity index (χ2v) is 11.7. The molecule has 1 saturated heterocycles. The molecule has 1 amide bonds. The van der Waals surface area contributed by atoms with Crippen molar-refractivity contribution in [2.45, 2.75) is 50.8 Å². The molecule has 1 aromatic heterocycles. The second kappa shape index (κ2) is 7.32. The largest absolute Gasteiger partial charge is 0.297 e. The minimum Gasteiger partial charge on any atom is -0.297 e. The number of hydrogen-bond donors (Lipinski definition) is 0. The number of aromatic nitrogens is 1. The Hall–Kier alpha value is -1.96. The molecule has 1 fully saturated rings. The van der Waals surface area contributed by atoms with E-state index in [0.29, 0.717) is 29.4 Å². The first-order valence-corrected chi connectivity index (χ1v) is 12.0. The second-order valence-electron chi connectivity index (χ2n) is 8.80. The summed E-state index contributed by atoms with van der Waals surface area (Å²) in [7, 11) is -3.28. The number of rotatable bonds is 4. The molecule has 2 aliphatic rings. The minimum absolute atomic E-state index is 0.0589. The SMILES string of the molecule is CC(C)S(=O)(=O)N1CC[C@H](c2cncc(N3C(=O)c4ccc(Cl)cc4C3(C)C)c2)C1. The number of fused-ring (bicyclic) bond motifs is 1. The fourth-order valence-corrected chi connectivity index (χ4v) is 5.98. The van der Waals surface area contributed by atoms with E-state index in [-0.39, 0.29) is 11.8 Å². The van der Waals surface area contributed by atoms with E-state index < -0.39 is 20.8 Å². The summed E-state index contributed by atoms with van der Waals surface area (Å²) >= 11 is 6.18. The van der Waals surface area contributed by atoms with E-state index >= 15 is 0 Å². The van der Waals surface area contributed by atoms with Crippen molar-refractivity contribution in [3.05, 3.63) is 58.4 Å². The van der Waals surface area contributed by atoms with E-state index in [4.69, 9.17) is 11.6 Å². The molecule has 30 heavy (non-hydrogen) atoms. The van der Waals surface area contributed by atoms with Crippen molar-refractivity contribution in [3.63, 3.8) is 0 Å². The lowest BCUT2D eigenvalue weighted by Gasteiger charge is -2.32. The Balaban J connectivity index is 1.65. The summed E-state index contributed by atoms with van der Waals surface area (Å²) in [6, 6.07) is 7.31. The highest BCUT2D eigenvalue weighted by molar-refractivity contribution is 7.89. The van der Waals surface area contributed by atoms with Gasteiger partial charge in [-0.2, -0.15) is 0 Å². The van der Waals surface area contributed by atoms with Gasteiger partial charge in [0.15, 0.2) is 0 Å². The van der Waals surface area contributed by atoms with E-state index in [2.05, 4.69) is 4.98 Å². The Morgan fingerprint density at radius 2 is 1.93 bits per heavy atom. The molecule has 0 saturated carbocycles. The van der Waals surface area contributed by atoms with Gasteiger partial charge in [-0.1, -0.05) is 11.6 Å². The molecule has 1 atom stereocenters. The maximum Gasteiger partial charge on any atom is 0.259 e. The number of halogens is 1. The quantitative estimate of drug-likeness (QED) is 0.705. The zero-order valence-corrected chi connectivity index (χ0v) is 19.2. The van der Waals surface area contributed by atoms with E-state index in [9.17, 15) is 13.2 Å². The first kappa shape index (κ1) is 21.3. The van der Waals surface area contributed by atoms with Gasteiger partial charge in [-0.25, -0.2) is 12.7 Å². The van der Waals surface area contributed by atoms with Crippen LogP contribution in [0.1, 0.15) is 61.5 Å². The average molecular weight is 448 g/mol. The highest BCUT2D eigenvalue weighted by atomic mass is 35.5. The standard InChI is InChI=1S/C22H26ClN3O3S/c1-14(2)30(28,29)25-8-7-15(13-25)16-9-18(12-24-11-16)26-21(27)19-6-5-17(23)10-20(19)22(26,3)4/h5-6,9-12,14-15H,7-8,13H2,1-4H3/t15-/m0/s1. The number of sulfonamides is 1. The lowest BCUT2D eigenvalue weighted by Crippen LogP contribution is -2.39. The van der Waals surface area contributed by atoms with E-state index in [1.807, 2.05) is 26.0 Å². The molecule has 0 aliphatic carbocycles. The molecule has 2 aliphatic heterocycles. The first-order valence-electron chi connectivity index (χ1n) is 10.1. The van der Waals surface area contributed by atoms with Crippen molar-refractivity contribution in [2.24, 2.45) is 0 Å². The van der Waals surface area contributed by atoms with Crippen molar-refractivity contribution in [3.8, 4) is 0 Å². The normalized spacial score (nSPS) is 21.5. The number of hydrogen-bond acceptors (Lipinski definition) is 4. The molecule has 0 radical (unpaired) electrons. The summed E-state index contributed by atoms with van der Waals surface area (Å²) < 4.78 is 26.6. The number of amides is 1. The van der Waals surface area contributed by atoms with E-state index in [0.717, 1.165) is 17.5 Å². The summed E-state index contributed by atoms with van der Waals surface area (Å²) in [6.45, 7) is 8.34. The monoisotopic (exact) mass is 447 g/mol. The molecular weight excluding hydrogens is 422 g/mol. The Morgan fingerprint density at radius 1 is 1.20 bits per heavy atom. The molecule has 6 nitrogen and oxygen atoms in total. The van der Waals surface area contributed by atoms with Crippen LogP contribution in [0.3, 0.4) is 0 Å². The summed E-state index contributed by atoms with van der Waals surface area (Å²) in [4.78, 5) is 19.3. The maximum atomic E-state index is 13.2. The first-order chi connectivity index (χ1) is 14.0. The number of anilines is 1. The third-order valence-corrected chi connectivity index (χ3v) is 8.69. The van der Waals surface area contributed by atoms with Crippen LogP contribution in [0.4, 0.5) is 5.69 Å². The van der Waals surface area contributed by atoms with E-state index in [1.165, 1.54) is 0 Å². The summed E-state index contributed by atoms with van der Waals surface area (Å²) in [5.41, 5.74) is 2.62. The van der Waals surface area contributed by atoms with Gasteiger partial charge in [0.25, 0.3) is 5.91 Å². The number of nitrogens with zero attached hydrogens (tertiary/aromatic N) is 3. The van der Waals surface area contributed by atoms with Gasteiger partial charge in [0.1, 0.15) is 0 Å². The Bertz CT molecular complexity index is 1110. The van der Waals surface area contributed by atoms with Crippen LogP contribution in [0.5, 0.6) is 0 Å². The van der Waals surface area contributed by atoms with Gasteiger partial charge in [-0.15, -0.1) is 0 Å². The van der Waals surface area contributed by atoms with Gasteiger partial charge in [0.2, 0.25) is 10.0 Å². The number of carbonyl (C=O) groups excluding carboxylic acids is 1. The van der Waals surface area contributed by atoms with Gasteiger partial charge in [-0.3, -0.25) is 14.7 Å². The fourth-order valence-electron chi connectivity index (χ4n) is 4.46. The lowest BCUT2D eigenvalue weighted by molar-refractivity contribution is 0.0982. The number of pyridine rings is 1. The smallest absolute Gasteiger partial charge is 0.259 e. The molecule has 1 aromatic carbocycles. The lowest BCUT2D eigenvalue weighted by atomic mass is 9.93. The zero-order valence-electron chi connectivity index (χ0n) is 17.6. The fraction of sp³-hybridized carbons (Fsp3) is 0.455. The van der Waals surface area contributed by atoms with Crippen LogP contribution >= 0.6 is 11.6 Å². The van der Waals surface area contributed by atoms with Crippen molar-refractivity contribution >= 4 is 33.2 Å². The number of benzene rings is 1. The van der Waals surface area contributed by atoms with Crippen molar-refractivity contribution in [1.29, 1.82) is 0 Å². The van der Waals surface area contributed by atoms with Crippen LogP contribution in [0.25, 0.3) is 0 Å². The van der Waals surface area contributed by atoms with Crippen LogP contribution in [0.2, 0.25) is 5.02 Å². The number of carbonyl (C=O) groups is 1. The average Bonchev–Trinajstić information content (AvgIpc) is 3.25. The van der Waals surface area contributed by atoms with E-state index in [1.54, 1.807) is 47.6 Å². The topological polar surface area (TPSA) is 70.6 Å². The van der Waals surface area contributed by atoms with Gasteiger partial charge < -0.3 is 0 Å². The third-order valence-electron chi connectivity index (χ3n) is 6.21. The van der Waals surface area contributed by atoms with Crippen LogP contribution in [-0.4, -0.2) is 42.0 Å². The van der Waals surface area contributed by atoms with Crippen molar-refractivity contribution in [1.82, 2.24) is 9.29 Å². The molecule has 0 bridgehead atoms. The highest BCUT2D eigenvalue weighted by Gasteiger charge is 2.44. The third kappa shape index (κ3) is 3.33. The highest BCUT2D eigenvalue weighted by Crippen LogP contribution is 2.43. The molecule has 3 heterocycles. The van der Waals surface area contributed by atoms with Crippen LogP contribution in [0, 0.1) is 0 Å². The van der Waals surface area contributed by atoms with Gasteiger partial charge in [0, 0.05) is 35.8 Å². The molecule has 0 unspecified atom stereocenters. The molecule has 160 valence electrons. The van der Waals surface area contributed by atoms with Crippen LogP contribution < -0.4 is 4.90 Å². The molecule has 0 N–H and O–H groups in total. The predicted molar refractivity (Wildman–Crippen MR) is 119 cm³/mol. The molecule has 2 aromatic rings. The predicted octanol–water partition coefficient (Wildman–Crippen LogP) is 4.16. The molecule has 0 spiro atoms.